The van der Waals surface area contributed by atoms with E-state index in [-0.39, 0.29) is 10.7 Å². The van der Waals surface area contributed by atoms with Crippen molar-refractivity contribution in [2.45, 2.75) is 33.4 Å². The Hall–Kier alpha value is -1.33. The lowest BCUT2D eigenvalue weighted by atomic mass is 10.1. The first-order valence-corrected chi connectivity index (χ1v) is 6.21. The normalized spacial score (nSPS) is 11.2. The summed E-state index contributed by atoms with van der Waals surface area (Å²) in [4.78, 5) is 12.5. The predicted molar refractivity (Wildman–Crippen MR) is 73.7 cm³/mol. The standard InChI is InChI=1S/C12H18ClN3O2/c1-4-15(8(2)3)7-9-5-10(16(17)18)6-11(13)12(9)14/h5-6,8H,4,7,14H2,1-3H3. The van der Waals surface area contributed by atoms with Crippen LogP contribution in [0.3, 0.4) is 0 Å². The monoisotopic (exact) mass is 271 g/mol. The molecule has 1 aromatic carbocycles. The maximum absolute atomic E-state index is 10.8. The van der Waals surface area contributed by atoms with Crippen LogP contribution in [-0.4, -0.2) is 22.4 Å². The molecule has 0 aliphatic carbocycles. The van der Waals surface area contributed by atoms with Crippen LogP contribution in [0.15, 0.2) is 12.1 Å². The molecule has 0 aliphatic heterocycles. The van der Waals surface area contributed by atoms with Crippen molar-refractivity contribution in [2.75, 3.05) is 12.3 Å². The molecule has 0 atom stereocenters. The summed E-state index contributed by atoms with van der Waals surface area (Å²) in [5, 5.41) is 11.0. The van der Waals surface area contributed by atoms with Gasteiger partial charge >= 0.3 is 0 Å². The summed E-state index contributed by atoms with van der Waals surface area (Å²) in [6.07, 6.45) is 0. The predicted octanol–water partition coefficient (Wildman–Crippen LogP) is 3.06. The number of nitrogens with zero attached hydrogens (tertiary/aromatic N) is 2. The van der Waals surface area contributed by atoms with Gasteiger partial charge in [-0.2, -0.15) is 0 Å². The third kappa shape index (κ3) is 3.34. The Morgan fingerprint density at radius 2 is 2.11 bits per heavy atom. The van der Waals surface area contributed by atoms with Crippen molar-refractivity contribution >= 4 is 23.0 Å². The summed E-state index contributed by atoms with van der Waals surface area (Å²) in [5.74, 6) is 0. The second-order valence-electron chi connectivity index (χ2n) is 4.41. The largest absolute Gasteiger partial charge is 0.397 e. The first-order valence-electron chi connectivity index (χ1n) is 5.83. The highest BCUT2D eigenvalue weighted by Crippen LogP contribution is 2.29. The van der Waals surface area contributed by atoms with Crippen molar-refractivity contribution in [3.8, 4) is 0 Å². The van der Waals surface area contributed by atoms with Crippen LogP contribution < -0.4 is 5.73 Å². The number of non-ortho nitro benzene ring substituents is 1. The summed E-state index contributed by atoms with van der Waals surface area (Å²) in [6, 6.07) is 3.12. The number of hydrogen-bond donors (Lipinski definition) is 1. The molecule has 0 bridgehead atoms. The molecule has 0 unspecified atom stereocenters. The minimum atomic E-state index is -0.458. The molecular formula is C12H18ClN3O2. The fourth-order valence-electron chi connectivity index (χ4n) is 1.77. The smallest absolute Gasteiger partial charge is 0.271 e. The van der Waals surface area contributed by atoms with Gasteiger partial charge in [0.2, 0.25) is 0 Å². The van der Waals surface area contributed by atoms with Gasteiger partial charge in [-0.05, 0) is 26.0 Å². The van der Waals surface area contributed by atoms with Crippen LogP contribution in [0, 0.1) is 10.1 Å². The molecule has 0 spiro atoms. The van der Waals surface area contributed by atoms with Gasteiger partial charge in [0.15, 0.2) is 0 Å². The fourth-order valence-corrected chi connectivity index (χ4v) is 2.01. The number of nitro benzene ring substituents is 1. The Morgan fingerprint density at radius 3 is 2.56 bits per heavy atom. The quantitative estimate of drug-likeness (QED) is 0.507. The van der Waals surface area contributed by atoms with Gasteiger partial charge < -0.3 is 5.73 Å². The van der Waals surface area contributed by atoms with E-state index in [0.29, 0.717) is 23.8 Å². The Labute approximate surface area is 112 Å². The summed E-state index contributed by atoms with van der Waals surface area (Å²) < 4.78 is 0. The van der Waals surface area contributed by atoms with Crippen molar-refractivity contribution in [3.05, 3.63) is 32.8 Å². The molecule has 0 saturated carbocycles. The molecule has 1 rings (SSSR count). The first kappa shape index (κ1) is 14.7. The van der Waals surface area contributed by atoms with Gasteiger partial charge in [-0.3, -0.25) is 15.0 Å². The Kier molecular flexibility index (Phi) is 4.93. The zero-order valence-electron chi connectivity index (χ0n) is 10.8. The van der Waals surface area contributed by atoms with Crippen LogP contribution in [0.2, 0.25) is 5.02 Å². The molecule has 0 aromatic heterocycles. The Balaban J connectivity index is 3.11. The molecule has 0 aliphatic rings. The first-order chi connectivity index (χ1) is 8.36. The second-order valence-corrected chi connectivity index (χ2v) is 4.82. The second kappa shape index (κ2) is 6.02. The van der Waals surface area contributed by atoms with E-state index >= 15 is 0 Å². The van der Waals surface area contributed by atoms with E-state index in [4.69, 9.17) is 17.3 Å². The minimum Gasteiger partial charge on any atom is -0.397 e. The molecule has 18 heavy (non-hydrogen) atoms. The molecule has 100 valence electrons. The molecule has 0 saturated heterocycles. The Bertz CT molecular complexity index is 449. The number of rotatable bonds is 5. The van der Waals surface area contributed by atoms with Gasteiger partial charge in [0, 0.05) is 24.7 Å². The molecular weight excluding hydrogens is 254 g/mol. The SMILES string of the molecule is CCN(Cc1cc([N+](=O)[O-])cc(Cl)c1N)C(C)C. The fraction of sp³-hybridized carbons (Fsp3) is 0.500. The number of hydrogen-bond acceptors (Lipinski definition) is 4. The van der Waals surface area contributed by atoms with E-state index in [0.717, 1.165) is 6.54 Å². The molecule has 2 N–H and O–H groups in total. The molecule has 0 radical (unpaired) electrons. The van der Waals surface area contributed by atoms with Crippen LogP contribution in [-0.2, 0) is 6.54 Å². The number of anilines is 1. The molecule has 0 fully saturated rings. The van der Waals surface area contributed by atoms with Gasteiger partial charge in [-0.1, -0.05) is 18.5 Å². The van der Waals surface area contributed by atoms with E-state index in [1.54, 1.807) is 0 Å². The molecule has 0 heterocycles. The van der Waals surface area contributed by atoms with Crippen molar-refractivity contribution < 1.29 is 4.92 Å². The number of benzene rings is 1. The van der Waals surface area contributed by atoms with Crippen LogP contribution in [0.4, 0.5) is 11.4 Å². The maximum atomic E-state index is 10.8. The lowest BCUT2D eigenvalue weighted by Crippen LogP contribution is -2.30. The third-order valence-corrected chi connectivity index (χ3v) is 3.23. The highest BCUT2D eigenvalue weighted by molar-refractivity contribution is 6.33. The van der Waals surface area contributed by atoms with Gasteiger partial charge in [-0.25, -0.2) is 0 Å². The van der Waals surface area contributed by atoms with Crippen LogP contribution in [0.5, 0.6) is 0 Å². The van der Waals surface area contributed by atoms with Crippen molar-refractivity contribution in [2.24, 2.45) is 0 Å². The molecule has 6 heteroatoms. The van der Waals surface area contributed by atoms with Crippen molar-refractivity contribution in [1.29, 1.82) is 0 Å². The maximum Gasteiger partial charge on any atom is 0.271 e. The van der Waals surface area contributed by atoms with Gasteiger partial charge in [0.25, 0.3) is 5.69 Å². The summed E-state index contributed by atoms with van der Waals surface area (Å²) in [6.45, 7) is 7.57. The lowest BCUT2D eigenvalue weighted by molar-refractivity contribution is -0.384. The molecule has 0 amide bonds. The average molecular weight is 272 g/mol. The van der Waals surface area contributed by atoms with Gasteiger partial charge in [-0.15, -0.1) is 0 Å². The lowest BCUT2D eigenvalue weighted by Gasteiger charge is -2.25. The number of nitro groups is 1. The number of nitrogen functional groups attached to an aromatic ring is 1. The summed E-state index contributed by atoms with van der Waals surface area (Å²) in [5.41, 5.74) is 6.97. The highest BCUT2D eigenvalue weighted by Gasteiger charge is 2.16. The van der Waals surface area contributed by atoms with Crippen LogP contribution in [0.1, 0.15) is 26.3 Å². The molecule has 5 nitrogen and oxygen atoms in total. The molecule has 1 aromatic rings. The van der Waals surface area contributed by atoms with Gasteiger partial charge in [0.1, 0.15) is 0 Å². The van der Waals surface area contributed by atoms with E-state index in [9.17, 15) is 10.1 Å². The topological polar surface area (TPSA) is 72.4 Å². The zero-order chi connectivity index (χ0) is 13.9. The van der Waals surface area contributed by atoms with E-state index in [2.05, 4.69) is 18.7 Å². The Morgan fingerprint density at radius 1 is 1.50 bits per heavy atom. The number of nitrogens with two attached hydrogens (primary N) is 1. The highest BCUT2D eigenvalue weighted by atomic mass is 35.5. The van der Waals surface area contributed by atoms with Gasteiger partial charge in [0.05, 0.1) is 15.6 Å². The minimum absolute atomic E-state index is 0.0241. The zero-order valence-corrected chi connectivity index (χ0v) is 11.6. The van der Waals surface area contributed by atoms with Crippen LogP contribution >= 0.6 is 11.6 Å². The van der Waals surface area contributed by atoms with E-state index in [1.165, 1.54) is 12.1 Å². The third-order valence-electron chi connectivity index (χ3n) is 2.92. The average Bonchev–Trinajstić information content (AvgIpc) is 2.30. The van der Waals surface area contributed by atoms with E-state index < -0.39 is 4.92 Å². The summed E-state index contributed by atoms with van der Waals surface area (Å²) >= 11 is 5.92. The van der Waals surface area contributed by atoms with Crippen LogP contribution in [0.25, 0.3) is 0 Å². The number of halogens is 1. The van der Waals surface area contributed by atoms with Crippen molar-refractivity contribution in [3.63, 3.8) is 0 Å². The van der Waals surface area contributed by atoms with Crippen molar-refractivity contribution in [1.82, 2.24) is 4.90 Å². The van der Waals surface area contributed by atoms with E-state index in [1.807, 2.05) is 6.92 Å². The summed E-state index contributed by atoms with van der Waals surface area (Å²) in [7, 11) is 0.